The fourth-order valence-corrected chi connectivity index (χ4v) is 1.09. The van der Waals surface area contributed by atoms with Crippen molar-refractivity contribution in [1.82, 2.24) is 5.32 Å². The average Bonchev–Trinajstić information content (AvgIpc) is 2.35. The predicted octanol–water partition coefficient (Wildman–Crippen LogP) is 0.656. The summed E-state index contributed by atoms with van der Waals surface area (Å²) < 4.78 is 4.93. The zero-order valence-corrected chi connectivity index (χ0v) is 9.72. The summed E-state index contributed by atoms with van der Waals surface area (Å²) in [5.41, 5.74) is -0.442. The number of alkyl carbamates (subject to hydrolysis) is 1. The van der Waals surface area contributed by atoms with Gasteiger partial charge in [-0.05, 0) is 12.5 Å². The molecule has 3 N–H and O–H groups in total. The van der Waals surface area contributed by atoms with Gasteiger partial charge in [-0.2, -0.15) is 0 Å². The number of benzene rings is 1. The molecular formula is C12H17NO4. The second-order valence-electron chi connectivity index (χ2n) is 4.07. The molecule has 5 heteroatoms. The van der Waals surface area contributed by atoms with Crippen molar-refractivity contribution in [2.75, 3.05) is 13.2 Å². The Balaban J connectivity index is 2.27. The molecule has 0 aliphatic rings. The summed E-state index contributed by atoms with van der Waals surface area (Å²) in [5, 5.41) is 20.6. The van der Waals surface area contributed by atoms with Crippen LogP contribution in [0.25, 0.3) is 0 Å². The molecule has 0 spiro atoms. The minimum atomic E-state index is -1.33. The van der Waals surface area contributed by atoms with Gasteiger partial charge in [0.1, 0.15) is 12.2 Å². The van der Waals surface area contributed by atoms with E-state index in [-0.39, 0.29) is 13.2 Å². The van der Waals surface area contributed by atoms with Crippen LogP contribution in [0.4, 0.5) is 4.79 Å². The van der Waals surface area contributed by atoms with E-state index in [1.165, 1.54) is 6.92 Å². The number of ether oxygens (including phenoxy) is 1. The molecular weight excluding hydrogens is 222 g/mol. The quantitative estimate of drug-likeness (QED) is 0.705. The van der Waals surface area contributed by atoms with Gasteiger partial charge in [-0.3, -0.25) is 0 Å². The normalized spacial score (nSPS) is 13.8. The summed E-state index contributed by atoms with van der Waals surface area (Å²) in [6, 6.07) is 9.27. The lowest BCUT2D eigenvalue weighted by Gasteiger charge is -2.20. The fourth-order valence-electron chi connectivity index (χ4n) is 1.09. The third kappa shape index (κ3) is 5.33. The van der Waals surface area contributed by atoms with Crippen LogP contribution in [0.15, 0.2) is 30.3 Å². The first-order chi connectivity index (χ1) is 8.03. The number of aliphatic hydroxyl groups is 2. The summed E-state index contributed by atoms with van der Waals surface area (Å²) >= 11 is 0. The van der Waals surface area contributed by atoms with Gasteiger partial charge in [0.25, 0.3) is 0 Å². The molecule has 0 saturated heterocycles. The Labute approximate surface area is 100 Å². The Bertz CT molecular complexity index is 351. The molecule has 0 fully saturated rings. The molecule has 0 saturated carbocycles. The van der Waals surface area contributed by atoms with Crippen molar-refractivity contribution in [3.8, 4) is 0 Å². The third-order valence-electron chi connectivity index (χ3n) is 2.17. The monoisotopic (exact) mass is 239 g/mol. The molecule has 1 amide bonds. The van der Waals surface area contributed by atoms with Crippen molar-refractivity contribution >= 4 is 6.09 Å². The maximum absolute atomic E-state index is 11.3. The zero-order valence-electron chi connectivity index (χ0n) is 9.72. The van der Waals surface area contributed by atoms with Gasteiger partial charge in [0.2, 0.25) is 0 Å². The molecule has 0 bridgehead atoms. The van der Waals surface area contributed by atoms with E-state index in [4.69, 9.17) is 9.84 Å². The molecule has 1 rings (SSSR count). The SMILES string of the molecule is C[C@](O)(CO)CNC(=O)OCc1ccccc1. The van der Waals surface area contributed by atoms with E-state index in [0.29, 0.717) is 0 Å². The average molecular weight is 239 g/mol. The number of carbonyl (C=O) groups is 1. The molecule has 0 unspecified atom stereocenters. The number of aliphatic hydroxyl groups excluding tert-OH is 1. The Morgan fingerprint density at radius 1 is 1.41 bits per heavy atom. The second kappa shape index (κ2) is 6.22. The summed E-state index contributed by atoms with van der Waals surface area (Å²) in [5.74, 6) is 0. The van der Waals surface area contributed by atoms with Crippen LogP contribution in [0, 0.1) is 0 Å². The Kier molecular flexibility index (Phi) is 4.93. The van der Waals surface area contributed by atoms with Crippen molar-refractivity contribution in [3.63, 3.8) is 0 Å². The number of hydrogen-bond donors (Lipinski definition) is 3. The summed E-state index contributed by atoms with van der Waals surface area (Å²) in [4.78, 5) is 11.3. The molecule has 94 valence electrons. The fraction of sp³-hybridized carbons (Fsp3) is 0.417. The minimum absolute atomic E-state index is 0.0584. The summed E-state index contributed by atoms with van der Waals surface area (Å²) in [7, 11) is 0. The van der Waals surface area contributed by atoms with E-state index < -0.39 is 18.3 Å². The maximum atomic E-state index is 11.3. The number of amides is 1. The smallest absolute Gasteiger partial charge is 0.407 e. The van der Waals surface area contributed by atoms with Gasteiger partial charge >= 0.3 is 6.09 Å². The molecule has 0 aliphatic heterocycles. The number of carbonyl (C=O) groups excluding carboxylic acids is 1. The van der Waals surface area contributed by atoms with Crippen LogP contribution in [0.3, 0.4) is 0 Å². The van der Waals surface area contributed by atoms with Crippen molar-refractivity contribution in [1.29, 1.82) is 0 Å². The van der Waals surface area contributed by atoms with E-state index in [0.717, 1.165) is 5.56 Å². The standard InChI is InChI=1S/C12H17NO4/c1-12(16,9-14)8-13-11(15)17-7-10-5-3-2-4-6-10/h2-6,14,16H,7-9H2,1H3,(H,13,15)/t12-/m1/s1. The van der Waals surface area contributed by atoms with Gasteiger partial charge in [0.15, 0.2) is 0 Å². The van der Waals surface area contributed by atoms with Crippen molar-refractivity contribution < 1.29 is 19.7 Å². The summed E-state index contributed by atoms with van der Waals surface area (Å²) in [6.07, 6.45) is -0.623. The molecule has 0 aromatic heterocycles. The first-order valence-corrected chi connectivity index (χ1v) is 5.31. The lowest BCUT2D eigenvalue weighted by atomic mass is 10.1. The van der Waals surface area contributed by atoms with Gasteiger partial charge in [0.05, 0.1) is 13.2 Å². The highest BCUT2D eigenvalue weighted by molar-refractivity contribution is 5.67. The predicted molar refractivity (Wildman–Crippen MR) is 62.3 cm³/mol. The number of hydrogen-bond acceptors (Lipinski definition) is 4. The van der Waals surface area contributed by atoms with Crippen LogP contribution in [0.5, 0.6) is 0 Å². The van der Waals surface area contributed by atoms with Crippen molar-refractivity contribution in [2.24, 2.45) is 0 Å². The molecule has 0 radical (unpaired) electrons. The van der Waals surface area contributed by atoms with Crippen LogP contribution < -0.4 is 5.32 Å². The molecule has 1 aromatic carbocycles. The van der Waals surface area contributed by atoms with E-state index >= 15 is 0 Å². The Hall–Kier alpha value is -1.59. The highest BCUT2D eigenvalue weighted by Gasteiger charge is 2.19. The minimum Gasteiger partial charge on any atom is -0.445 e. The van der Waals surface area contributed by atoms with Crippen LogP contribution in [0.1, 0.15) is 12.5 Å². The second-order valence-corrected chi connectivity index (χ2v) is 4.07. The van der Waals surface area contributed by atoms with Gasteiger partial charge in [0, 0.05) is 0 Å². The van der Waals surface area contributed by atoms with Crippen LogP contribution in [-0.4, -0.2) is 35.1 Å². The molecule has 17 heavy (non-hydrogen) atoms. The number of nitrogens with one attached hydrogen (secondary N) is 1. The molecule has 1 aromatic rings. The van der Waals surface area contributed by atoms with Gasteiger partial charge in [-0.1, -0.05) is 30.3 Å². The van der Waals surface area contributed by atoms with Crippen molar-refractivity contribution in [3.05, 3.63) is 35.9 Å². The van der Waals surface area contributed by atoms with Crippen LogP contribution >= 0.6 is 0 Å². The molecule has 0 aliphatic carbocycles. The van der Waals surface area contributed by atoms with E-state index in [9.17, 15) is 9.90 Å². The topological polar surface area (TPSA) is 78.8 Å². The molecule has 5 nitrogen and oxygen atoms in total. The van der Waals surface area contributed by atoms with Crippen molar-refractivity contribution in [2.45, 2.75) is 19.1 Å². The van der Waals surface area contributed by atoms with Crippen LogP contribution in [0.2, 0.25) is 0 Å². The highest BCUT2D eigenvalue weighted by atomic mass is 16.5. The first-order valence-electron chi connectivity index (χ1n) is 5.31. The Morgan fingerprint density at radius 2 is 2.06 bits per heavy atom. The lowest BCUT2D eigenvalue weighted by molar-refractivity contribution is 0.00220. The van der Waals surface area contributed by atoms with E-state index in [1.807, 2.05) is 30.3 Å². The lowest BCUT2D eigenvalue weighted by Crippen LogP contribution is -2.43. The zero-order chi connectivity index (χ0) is 12.7. The largest absolute Gasteiger partial charge is 0.445 e. The third-order valence-corrected chi connectivity index (χ3v) is 2.17. The summed E-state index contributed by atoms with van der Waals surface area (Å²) in [6.45, 7) is 1.11. The van der Waals surface area contributed by atoms with Crippen LogP contribution in [-0.2, 0) is 11.3 Å². The van der Waals surface area contributed by atoms with Gasteiger partial charge in [-0.15, -0.1) is 0 Å². The van der Waals surface area contributed by atoms with Gasteiger partial charge in [-0.25, -0.2) is 4.79 Å². The van der Waals surface area contributed by atoms with E-state index in [1.54, 1.807) is 0 Å². The first kappa shape index (κ1) is 13.5. The highest BCUT2D eigenvalue weighted by Crippen LogP contribution is 2.02. The molecule has 0 heterocycles. The number of rotatable bonds is 5. The maximum Gasteiger partial charge on any atom is 0.407 e. The van der Waals surface area contributed by atoms with E-state index in [2.05, 4.69) is 5.32 Å². The molecule has 1 atom stereocenters. The Morgan fingerprint density at radius 3 is 2.65 bits per heavy atom. The van der Waals surface area contributed by atoms with Gasteiger partial charge < -0.3 is 20.3 Å².